The third-order valence-corrected chi connectivity index (χ3v) is 3.85. The minimum atomic E-state index is -0.227. The Morgan fingerprint density at radius 2 is 2.04 bits per heavy atom. The molecule has 2 N–H and O–H groups in total. The van der Waals surface area contributed by atoms with E-state index in [0.29, 0.717) is 10.9 Å². The van der Waals surface area contributed by atoms with Gasteiger partial charge in [0.1, 0.15) is 17.8 Å². The van der Waals surface area contributed by atoms with Crippen molar-refractivity contribution in [1.82, 2.24) is 20.6 Å². The zero-order chi connectivity index (χ0) is 17.3. The molecule has 2 aromatic carbocycles. The van der Waals surface area contributed by atoms with E-state index in [4.69, 9.17) is 4.74 Å². The number of thioether (sulfide) groups is 1. The number of nitrogens with zero attached hydrogens (tertiary/aromatic N) is 3. The lowest BCUT2D eigenvalue weighted by atomic mass is 10.2. The highest BCUT2D eigenvalue weighted by molar-refractivity contribution is 7.99. The standard InChI is InChI=1S/C17H15N5O2S/c23-16(11-25-17-18-12-20-22-17)21-19-10-13-5-4-8-15(9-13)24-14-6-2-1-3-7-14/h1-10,12H,11H2,(H,21,23)(H,18,20,22)/b19-10-. The molecule has 126 valence electrons. The number of H-pyrrole nitrogens is 1. The zero-order valence-corrected chi connectivity index (χ0v) is 13.9. The van der Waals surface area contributed by atoms with Gasteiger partial charge in [0, 0.05) is 0 Å². The third kappa shape index (κ3) is 5.47. The molecule has 8 heteroatoms. The van der Waals surface area contributed by atoms with Gasteiger partial charge in [-0.3, -0.25) is 9.89 Å². The van der Waals surface area contributed by atoms with Gasteiger partial charge in [-0.2, -0.15) is 10.2 Å². The molecule has 0 saturated heterocycles. The molecule has 0 aliphatic carbocycles. The number of carbonyl (C=O) groups excluding carboxylic acids is 1. The molecule has 1 aromatic heterocycles. The normalized spacial score (nSPS) is 10.7. The molecule has 0 unspecified atom stereocenters. The van der Waals surface area contributed by atoms with E-state index in [-0.39, 0.29) is 11.7 Å². The highest BCUT2D eigenvalue weighted by Crippen LogP contribution is 2.21. The molecule has 0 fully saturated rings. The van der Waals surface area contributed by atoms with Gasteiger partial charge in [0.2, 0.25) is 0 Å². The number of hydrogen-bond acceptors (Lipinski definition) is 6. The van der Waals surface area contributed by atoms with Gasteiger partial charge < -0.3 is 4.74 Å². The minimum Gasteiger partial charge on any atom is -0.457 e. The van der Waals surface area contributed by atoms with Crippen molar-refractivity contribution in [3.8, 4) is 11.5 Å². The minimum absolute atomic E-state index is 0.198. The molecule has 25 heavy (non-hydrogen) atoms. The number of para-hydroxylation sites is 1. The summed E-state index contributed by atoms with van der Waals surface area (Å²) in [5.74, 6) is 1.43. The fraction of sp³-hybridized carbons (Fsp3) is 0.0588. The predicted molar refractivity (Wildman–Crippen MR) is 95.8 cm³/mol. The first kappa shape index (κ1) is 16.7. The summed E-state index contributed by atoms with van der Waals surface area (Å²) in [6.07, 6.45) is 2.96. The van der Waals surface area contributed by atoms with Crippen LogP contribution < -0.4 is 10.2 Å². The molecule has 0 bridgehead atoms. The number of aromatic nitrogens is 3. The van der Waals surface area contributed by atoms with Crippen LogP contribution in [0.4, 0.5) is 0 Å². The molecule has 0 atom stereocenters. The van der Waals surface area contributed by atoms with E-state index < -0.39 is 0 Å². The Bertz CT molecular complexity index is 837. The number of hydrogen-bond donors (Lipinski definition) is 2. The van der Waals surface area contributed by atoms with Crippen molar-refractivity contribution in [2.24, 2.45) is 5.10 Å². The summed E-state index contributed by atoms with van der Waals surface area (Å²) in [6, 6.07) is 16.9. The van der Waals surface area contributed by atoms with Crippen LogP contribution in [0.25, 0.3) is 0 Å². The van der Waals surface area contributed by atoms with Crippen LogP contribution in [0.15, 0.2) is 71.2 Å². The van der Waals surface area contributed by atoms with Crippen molar-refractivity contribution in [2.45, 2.75) is 5.16 Å². The molecule has 0 saturated carbocycles. The van der Waals surface area contributed by atoms with Crippen molar-refractivity contribution >= 4 is 23.9 Å². The Hall–Kier alpha value is -3.13. The van der Waals surface area contributed by atoms with Gasteiger partial charge in [-0.05, 0) is 29.8 Å². The van der Waals surface area contributed by atoms with Gasteiger partial charge in [0.25, 0.3) is 5.91 Å². The van der Waals surface area contributed by atoms with Crippen molar-refractivity contribution in [3.05, 3.63) is 66.5 Å². The summed E-state index contributed by atoms with van der Waals surface area (Å²) >= 11 is 1.25. The lowest BCUT2D eigenvalue weighted by Gasteiger charge is -2.05. The molecular formula is C17H15N5O2S. The maximum atomic E-state index is 11.7. The Balaban J connectivity index is 1.51. The molecule has 7 nitrogen and oxygen atoms in total. The number of hydrazone groups is 1. The number of ether oxygens (including phenoxy) is 1. The van der Waals surface area contributed by atoms with Crippen LogP contribution >= 0.6 is 11.8 Å². The summed E-state index contributed by atoms with van der Waals surface area (Å²) in [7, 11) is 0. The van der Waals surface area contributed by atoms with E-state index in [0.717, 1.165) is 11.3 Å². The van der Waals surface area contributed by atoms with Crippen LogP contribution in [0.1, 0.15) is 5.56 Å². The molecular weight excluding hydrogens is 338 g/mol. The second-order valence-corrected chi connectivity index (χ2v) is 5.82. The molecule has 1 heterocycles. The lowest BCUT2D eigenvalue weighted by molar-refractivity contribution is -0.118. The van der Waals surface area contributed by atoms with E-state index in [2.05, 4.69) is 25.7 Å². The maximum Gasteiger partial charge on any atom is 0.250 e. The van der Waals surface area contributed by atoms with Crippen molar-refractivity contribution < 1.29 is 9.53 Å². The first-order chi connectivity index (χ1) is 12.3. The van der Waals surface area contributed by atoms with E-state index in [9.17, 15) is 4.79 Å². The summed E-state index contributed by atoms with van der Waals surface area (Å²) in [6.45, 7) is 0. The predicted octanol–water partition coefficient (Wildman–Crippen LogP) is 2.84. The molecule has 0 aliphatic rings. The van der Waals surface area contributed by atoms with Gasteiger partial charge in [-0.15, -0.1) is 0 Å². The Morgan fingerprint density at radius 1 is 1.20 bits per heavy atom. The topological polar surface area (TPSA) is 92.3 Å². The van der Waals surface area contributed by atoms with Crippen LogP contribution in [-0.4, -0.2) is 33.1 Å². The molecule has 3 aromatic rings. The van der Waals surface area contributed by atoms with Crippen LogP contribution in [-0.2, 0) is 4.79 Å². The Morgan fingerprint density at radius 3 is 2.84 bits per heavy atom. The van der Waals surface area contributed by atoms with E-state index >= 15 is 0 Å². The monoisotopic (exact) mass is 353 g/mol. The second kappa shape index (κ2) is 8.65. The number of carbonyl (C=O) groups is 1. The van der Waals surface area contributed by atoms with Crippen LogP contribution in [0.5, 0.6) is 11.5 Å². The summed E-state index contributed by atoms with van der Waals surface area (Å²) < 4.78 is 5.76. The highest BCUT2D eigenvalue weighted by Gasteiger charge is 2.03. The van der Waals surface area contributed by atoms with Crippen LogP contribution in [0.3, 0.4) is 0 Å². The van der Waals surface area contributed by atoms with Gasteiger partial charge >= 0.3 is 0 Å². The van der Waals surface area contributed by atoms with Crippen LogP contribution in [0, 0.1) is 0 Å². The number of benzene rings is 2. The number of amides is 1. The SMILES string of the molecule is O=C(CSc1ncn[nH]1)N/N=C\c1cccc(Oc2ccccc2)c1. The molecule has 0 radical (unpaired) electrons. The molecule has 0 spiro atoms. The Labute approximate surface area is 148 Å². The molecule has 3 rings (SSSR count). The van der Waals surface area contributed by atoms with Gasteiger partial charge in [-0.1, -0.05) is 42.1 Å². The third-order valence-electron chi connectivity index (χ3n) is 2.97. The van der Waals surface area contributed by atoms with Crippen LogP contribution in [0.2, 0.25) is 0 Å². The molecule has 1 amide bonds. The summed E-state index contributed by atoms with van der Waals surface area (Å²) in [5.41, 5.74) is 3.29. The van der Waals surface area contributed by atoms with E-state index in [1.165, 1.54) is 18.1 Å². The highest BCUT2D eigenvalue weighted by atomic mass is 32.2. The van der Waals surface area contributed by atoms with Crippen molar-refractivity contribution in [2.75, 3.05) is 5.75 Å². The fourth-order valence-corrected chi connectivity index (χ4v) is 2.46. The molecule has 0 aliphatic heterocycles. The number of aromatic amines is 1. The Kier molecular flexibility index (Phi) is 5.78. The smallest absolute Gasteiger partial charge is 0.250 e. The maximum absolute atomic E-state index is 11.7. The van der Waals surface area contributed by atoms with E-state index in [1.807, 2.05) is 54.6 Å². The fourth-order valence-electron chi connectivity index (χ4n) is 1.89. The lowest BCUT2D eigenvalue weighted by Crippen LogP contribution is -2.19. The summed E-state index contributed by atoms with van der Waals surface area (Å²) in [4.78, 5) is 15.6. The second-order valence-electron chi connectivity index (χ2n) is 4.86. The van der Waals surface area contributed by atoms with Gasteiger partial charge in [0.15, 0.2) is 5.16 Å². The quantitative estimate of drug-likeness (QED) is 0.387. The first-order valence-electron chi connectivity index (χ1n) is 7.42. The first-order valence-corrected chi connectivity index (χ1v) is 8.41. The largest absolute Gasteiger partial charge is 0.457 e. The van der Waals surface area contributed by atoms with Crippen molar-refractivity contribution in [3.63, 3.8) is 0 Å². The van der Waals surface area contributed by atoms with Crippen molar-refractivity contribution in [1.29, 1.82) is 0 Å². The number of rotatable bonds is 7. The summed E-state index contributed by atoms with van der Waals surface area (Å²) in [5, 5.41) is 10.9. The average Bonchev–Trinajstić information content (AvgIpc) is 3.15. The van der Waals surface area contributed by atoms with E-state index in [1.54, 1.807) is 6.21 Å². The average molecular weight is 353 g/mol. The van der Waals surface area contributed by atoms with Gasteiger partial charge in [0.05, 0.1) is 12.0 Å². The zero-order valence-electron chi connectivity index (χ0n) is 13.1. The number of nitrogens with one attached hydrogen (secondary N) is 2. The van der Waals surface area contributed by atoms with Gasteiger partial charge in [-0.25, -0.2) is 10.4 Å².